The summed E-state index contributed by atoms with van der Waals surface area (Å²) in [5.41, 5.74) is -0.613. The Hall–Kier alpha value is -2.29. The fraction of sp³-hybridized carbons (Fsp3) is 0.667. The van der Waals surface area contributed by atoms with Gasteiger partial charge in [-0.05, 0) is 62.1 Å². The summed E-state index contributed by atoms with van der Waals surface area (Å²) in [6.45, 7) is 9.31. The molecule has 0 aliphatic carbocycles. The monoisotopic (exact) mass is 1080 g/mol. The van der Waals surface area contributed by atoms with Crippen molar-refractivity contribution in [3.05, 3.63) is 58.7 Å². The molecule has 0 saturated carbocycles. The molecule has 0 amide bonds. The maximum Gasteiger partial charge on any atom is 2.00 e. The number of esters is 4. The average molecular weight is 1080 g/mol. The quantitative estimate of drug-likeness (QED) is 0.0209. The maximum absolute atomic E-state index is 12.3. The Balaban J connectivity index is 0.00000124. The van der Waals surface area contributed by atoms with Gasteiger partial charge in [-0.15, -0.1) is 0 Å². The van der Waals surface area contributed by atoms with Gasteiger partial charge in [0.05, 0.1) is 58.5 Å². The van der Waals surface area contributed by atoms with Gasteiger partial charge in [-0.2, -0.15) is 0 Å². The average Bonchev–Trinajstić information content (AvgIpc) is 3.26. The number of benzene rings is 2. The van der Waals surface area contributed by atoms with Crippen LogP contribution in [0, 0.1) is 0 Å². The molecule has 364 valence electrons. The second-order valence-corrected chi connectivity index (χ2v) is 18.8. The molecule has 0 heterocycles. The second kappa shape index (κ2) is 37.7. The molecule has 0 fully saturated rings. The summed E-state index contributed by atoms with van der Waals surface area (Å²) in [5, 5.41) is 0. The molecule has 0 aromatic heterocycles. The number of rotatable bonds is 34. The van der Waals surface area contributed by atoms with Gasteiger partial charge in [-0.25, -0.2) is 36.0 Å². The molecule has 0 bridgehead atoms. The van der Waals surface area contributed by atoms with E-state index < -0.39 is 53.9 Å². The van der Waals surface area contributed by atoms with Crippen LogP contribution >= 0.6 is 0 Å². The van der Waals surface area contributed by atoms with Crippen molar-refractivity contribution in [2.75, 3.05) is 26.4 Å². The van der Waals surface area contributed by atoms with Crippen molar-refractivity contribution in [2.45, 2.75) is 192 Å². The van der Waals surface area contributed by atoms with Crippen LogP contribution in [-0.2, 0) is 39.2 Å². The normalized spacial score (nSPS) is 11.2. The molecule has 2 aromatic carbocycles. The van der Waals surface area contributed by atoms with Gasteiger partial charge in [0.25, 0.3) is 0 Å². The molecule has 0 unspecified atom stereocenters. The van der Waals surface area contributed by atoms with Crippen LogP contribution in [0.4, 0.5) is 0 Å². The van der Waals surface area contributed by atoms with E-state index >= 15 is 0 Å². The molecular formula is C48H74BaO14S2. The van der Waals surface area contributed by atoms with Crippen LogP contribution in [0.5, 0.6) is 0 Å². The molecule has 0 N–H and O–H groups in total. The van der Waals surface area contributed by atoms with E-state index in [0.29, 0.717) is 25.7 Å². The van der Waals surface area contributed by atoms with E-state index in [0.717, 1.165) is 127 Å². The van der Waals surface area contributed by atoms with E-state index in [9.17, 15) is 45.1 Å². The largest absolute Gasteiger partial charge is 2.00 e. The summed E-state index contributed by atoms with van der Waals surface area (Å²) in [6.07, 6.45) is 24.6. The van der Waals surface area contributed by atoms with Gasteiger partial charge in [-0.3, -0.25) is 0 Å². The Labute approximate surface area is 430 Å². The van der Waals surface area contributed by atoms with E-state index in [1.54, 1.807) is 0 Å². The van der Waals surface area contributed by atoms with Crippen LogP contribution in [0.2, 0.25) is 0 Å². The van der Waals surface area contributed by atoms with Crippen molar-refractivity contribution in [2.24, 2.45) is 0 Å². The maximum atomic E-state index is 12.3. The minimum atomic E-state index is -4.86. The first-order chi connectivity index (χ1) is 30.6. The van der Waals surface area contributed by atoms with Gasteiger partial charge in [-0.1, -0.05) is 156 Å². The minimum Gasteiger partial charge on any atom is -0.744 e. The molecule has 0 atom stereocenters. The first-order valence-corrected chi connectivity index (χ1v) is 26.3. The van der Waals surface area contributed by atoms with Crippen molar-refractivity contribution in [3.8, 4) is 0 Å². The topological polar surface area (TPSA) is 220 Å². The Kier molecular flexibility index (Phi) is 36.3. The fourth-order valence-electron chi connectivity index (χ4n) is 6.48. The van der Waals surface area contributed by atoms with Crippen LogP contribution in [0.15, 0.2) is 46.2 Å². The first kappa shape index (κ1) is 62.7. The van der Waals surface area contributed by atoms with Crippen LogP contribution in [0.25, 0.3) is 0 Å². The summed E-state index contributed by atoms with van der Waals surface area (Å²) in [5.74, 6) is -3.08. The van der Waals surface area contributed by atoms with Crippen molar-refractivity contribution in [1.29, 1.82) is 0 Å². The first-order valence-electron chi connectivity index (χ1n) is 23.5. The van der Waals surface area contributed by atoms with Crippen LogP contribution in [-0.4, -0.2) is 125 Å². The van der Waals surface area contributed by atoms with E-state index in [4.69, 9.17) is 18.9 Å². The molecule has 0 aliphatic rings. The second-order valence-electron chi connectivity index (χ2n) is 16.0. The predicted molar refractivity (Wildman–Crippen MR) is 249 cm³/mol. The number of hydrogen-bond donors (Lipinski definition) is 0. The van der Waals surface area contributed by atoms with Crippen molar-refractivity contribution < 1.29 is 64.1 Å². The number of carbonyl (C=O) groups excluding carboxylic acids is 4. The van der Waals surface area contributed by atoms with Crippen molar-refractivity contribution in [1.82, 2.24) is 0 Å². The molecule has 0 spiro atoms. The third kappa shape index (κ3) is 30.0. The number of unbranched alkanes of at least 4 members (excludes halogenated alkanes) is 20. The Bertz CT molecular complexity index is 1650. The molecule has 0 saturated heterocycles. The van der Waals surface area contributed by atoms with Gasteiger partial charge >= 0.3 is 72.8 Å². The van der Waals surface area contributed by atoms with Gasteiger partial charge in [0.2, 0.25) is 0 Å². The molecule has 14 nitrogen and oxygen atoms in total. The molecular weight excluding hydrogens is 1000 g/mol. The SMILES string of the molecule is CCCCCCCCOC(=O)c1cc(C(=O)OCCCCCCCC)cc(S(=O)(=O)[O-])c1.CCCCCCCCOC(=O)c1cc(C(=O)OCCCCCCCC)cc(S(=O)(=O)[O-])c1.[Ba+2]. The Morgan fingerprint density at radius 1 is 0.354 bits per heavy atom. The van der Waals surface area contributed by atoms with E-state index in [1.807, 2.05) is 0 Å². The van der Waals surface area contributed by atoms with E-state index in [1.165, 1.54) is 37.8 Å². The molecule has 17 heteroatoms. The van der Waals surface area contributed by atoms with Gasteiger partial charge < -0.3 is 28.1 Å². The molecule has 2 rings (SSSR count). The Morgan fingerprint density at radius 2 is 0.538 bits per heavy atom. The third-order valence-electron chi connectivity index (χ3n) is 10.3. The summed E-state index contributed by atoms with van der Waals surface area (Å²) in [7, 11) is -9.71. The zero-order valence-electron chi connectivity index (χ0n) is 39.5. The standard InChI is InChI=1S/2C24H38O7S.Ba/c2*1-3-5-7-9-11-13-15-30-23(25)20-17-21(19-22(18-20)32(27,28)29)24(26)31-16-14-12-10-8-6-4-2;/h2*17-19H,3-16H2,1-2H3,(H,27,28,29);/q;;+2/p-2. The van der Waals surface area contributed by atoms with Crippen molar-refractivity contribution in [3.63, 3.8) is 0 Å². The van der Waals surface area contributed by atoms with E-state index in [2.05, 4.69) is 27.7 Å². The van der Waals surface area contributed by atoms with E-state index in [-0.39, 0.29) is 97.6 Å². The minimum absolute atomic E-state index is 0. The third-order valence-corrected chi connectivity index (χ3v) is 11.9. The number of hydrogen-bond acceptors (Lipinski definition) is 14. The molecule has 0 radical (unpaired) electrons. The number of carbonyl (C=O) groups is 4. The van der Waals surface area contributed by atoms with Gasteiger partial charge in [0, 0.05) is 0 Å². The van der Waals surface area contributed by atoms with Gasteiger partial charge in [0.1, 0.15) is 20.2 Å². The predicted octanol–water partition coefficient (Wildman–Crippen LogP) is 10.9. The molecule has 65 heavy (non-hydrogen) atoms. The van der Waals surface area contributed by atoms with Crippen LogP contribution in [0.3, 0.4) is 0 Å². The smallest absolute Gasteiger partial charge is 0.744 e. The summed E-state index contributed by atoms with van der Waals surface area (Å²) < 4.78 is 89.7. The Morgan fingerprint density at radius 3 is 0.723 bits per heavy atom. The number of ether oxygens (including phenoxy) is 4. The van der Waals surface area contributed by atoms with Gasteiger partial charge in [0.15, 0.2) is 0 Å². The molecule has 2 aromatic rings. The summed E-state index contributed by atoms with van der Waals surface area (Å²) in [6, 6.07) is 6.18. The summed E-state index contributed by atoms with van der Waals surface area (Å²) in [4.78, 5) is 48.1. The van der Waals surface area contributed by atoms with Crippen LogP contribution < -0.4 is 0 Å². The van der Waals surface area contributed by atoms with Crippen LogP contribution in [0.1, 0.15) is 223 Å². The fourth-order valence-corrected chi connectivity index (χ4v) is 7.57. The zero-order valence-corrected chi connectivity index (χ0v) is 45.6. The summed E-state index contributed by atoms with van der Waals surface area (Å²) >= 11 is 0. The zero-order chi connectivity index (χ0) is 47.6. The molecule has 0 aliphatic heterocycles. The van der Waals surface area contributed by atoms with Crippen molar-refractivity contribution >= 4 is 93.0 Å².